The van der Waals surface area contributed by atoms with Gasteiger partial charge in [0.2, 0.25) is 11.8 Å². The normalized spacial score (nSPS) is 30.6. The molecule has 3 aliphatic rings. The number of hydrogen-bond donors (Lipinski definition) is 3. The molecule has 6 unspecified atom stereocenters. The minimum atomic E-state index is -1.07. The first-order chi connectivity index (χ1) is 21.8. The van der Waals surface area contributed by atoms with E-state index in [-0.39, 0.29) is 35.7 Å². The van der Waals surface area contributed by atoms with Crippen LogP contribution in [0.4, 0.5) is 10.5 Å². The zero-order valence-electron chi connectivity index (χ0n) is 27.1. The number of benzene rings is 1. The summed E-state index contributed by atoms with van der Waals surface area (Å²) in [5.41, 5.74) is 1.21. The number of anilines is 1. The average molecular weight is 678 g/mol. The van der Waals surface area contributed by atoms with Gasteiger partial charge in [0, 0.05) is 31.8 Å². The van der Waals surface area contributed by atoms with Gasteiger partial charge in [-0.25, -0.2) is 9.59 Å². The van der Waals surface area contributed by atoms with Crippen LogP contribution in [0.15, 0.2) is 35.9 Å². The molecule has 4 bridgehead atoms. The highest BCUT2D eigenvalue weighted by molar-refractivity contribution is 7.80. The lowest BCUT2D eigenvalue weighted by Crippen LogP contribution is -2.49. The van der Waals surface area contributed by atoms with Gasteiger partial charge < -0.3 is 34.5 Å². The van der Waals surface area contributed by atoms with Gasteiger partial charge >= 0.3 is 12.1 Å². The monoisotopic (exact) mass is 677 g/mol. The fourth-order valence-corrected chi connectivity index (χ4v) is 6.42. The lowest BCUT2D eigenvalue weighted by molar-refractivity contribution is -0.161. The van der Waals surface area contributed by atoms with Crippen molar-refractivity contribution in [3.8, 4) is 5.75 Å². The molecule has 0 saturated carbocycles. The number of nitrogens with zero attached hydrogens (tertiary/aromatic N) is 1. The first-order valence-corrected chi connectivity index (χ1v) is 16.5. The van der Waals surface area contributed by atoms with Crippen LogP contribution in [0.3, 0.4) is 0 Å². The van der Waals surface area contributed by atoms with Crippen molar-refractivity contribution in [2.45, 2.75) is 95.8 Å². The highest BCUT2D eigenvalue weighted by Crippen LogP contribution is 2.48. The van der Waals surface area contributed by atoms with Gasteiger partial charge in [0.1, 0.15) is 34.6 Å². The summed E-state index contributed by atoms with van der Waals surface area (Å²) in [5, 5.41) is 6.00. The zero-order valence-corrected chi connectivity index (χ0v) is 28.8. The molecule has 0 aliphatic carbocycles. The van der Waals surface area contributed by atoms with E-state index in [1.807, 2.05) is 38.1 Å². The third kappa shape index (κ3) is 8.38. The number of halogens is 1. The van der Waals surface area contributed by atoms with Crippen molar-refractivity contribution in [1.82, 2.24) is 10.2 Å². The molecule has 2 saturated heterocycles. The zero-order chi connectivity index (χ0) is 33.8. The summed E-state index contributed by atoms with van der Waals surface area (Å²) in [6.45, 7) is 7.26. The van der Waals surface area contributed by atoms with Crippen molar-refractivity contribution in [3.05, 3.63) is 46.5 Å². The van der Waals surface area contributed by atoms with Crippen LogP contribution in [0.2, 0.25) is 5.02 Å². The van der Waals surface area contributed by atoms with Gasteiger partial charge in [-0.15, -0.1) is 0 Å². The maximum Gasteiger partial charge on any atom is 0.407 e. The molecule has 2 N–H and O–H groups in total. The number of likely N-dealkylation sites (N-methyl/N-ethyl adjacent to an activating group) is 1. The number of carbonyl (C=O) groups excluding carboxylic acids is 4. The SMILES string of the molecule is COc1cc2cc(c1Cl)NC(=O)CC(OC(=O)C(C)N(C)C(=O)CCS)C1(C)OC1[C@H](C)C1CC(C/C=C/C=C(\C)C2)NC(=O)O1. The van der Waals surface area contributed by atoms with Crippen LogP contribution < -0.4 is 15.4 Å². The maximum atomic E-state index is 13.6. The van der Waals surface area contributed by atoms with E-state index in [4.69, 9.17) is 30.5 Å². The Morgan fingerprint density at radius 2 is 2.02 bits per heavy atom. The van der Waals surface area contributed by atoms with Gasteiger partial charge in [0.05, 0.1) is 25.3 Å². The number of carbonyl (C=O) groups is 4. The molecule has 13 heteroatoms. The first-order valence-electron chi connectivity index (χ1n) is 15.5. The topological polar surface area (TPSA) is 136 Å². The van der Waals surface area contributed by atoms with Gasteiger partial charge in [0.25, 0.3) is 0 Å². The fraction of sp³-hybridized carbons (Fsp3) is 0.576. The Morgan fingerprint density at radius 1 is 1.28 bits per heavy atom. The number of methoxy groups -OCH3 is 1. The smallest absolute Gasteiger partial charge is 0.407 e. The molecule has 4 rings (SSSR count). The largest absolute Gasteiger partial charge is 0.495 e. The predicted octanol–water partition coefficient (Wildman–Crippen LogP) is 4.87. The van der Waals surface area contributed by atoms with E-state index in [0.717, 1.165) is 11.1 Å². The van der Waals surface area contributed by atoms with Crippen molar-refractivity contribution in [2.24, 2.45) is 5.92 Å². The number of nitrogens with one attached hydrogen (secondary N) is 2. The van der Waals surface area contributed by atoms with Gasteiger partial charge in [-0.05, 0) is 57.1 Å². The molecule has 7 atom stereocenters. The lowest BCUT2D eigenvalue weighted by atomic mass is 9.85. The summed E-state index contributed by atoms with van der Waals surface area (Å²) in [6, 6.07) is 2.55. The molecule has 0 radical (unpaired) electrons. The fourth-order valence-electron chi connectivity index (χ4n) is 5.99. The average Bonchev–Trinajstić information content (AvgIpc) is 3.71. The van der Waals surface area contributed by atoms with Gasteiger partial charge in [-0.2, -0.15) is 12.6 Å². The first kappa shape index (κ1) is 35.6. The number of ether oxygens (including phenoxy) is 4. The lowest BCUT2D eigenvalue weighted by Gasteiger charge is -2.33. The number of fused-ring (bicyclic) bond motifs is 5. The van der Waals surface area contributed by atoms with Gasteiger partial charge in [-0.1, -0.05) is 42.3 Å². The number of amides is 3. The van der Waals surface area contributed by atoms with Crippen molar-refractivity contribution in [1.29, 1.82) is 0 Å². The third-order valence-electron chi connectivity index (χ3n) is 8.97. The Labute approximate surface area is 280 Å². The Morgan fingerprint density at radius 3 is 2.72 bits per heavy atom. The summed E-state index contributed by atoms with van der Waals surface area (Å²) in [5.74, 6) is -0.938. The number of rotatable bonds is 6. The van der Waals surface area contributed by atoms with E-state index in [9.17, 15) is 19.2 Å². The highest BCUT2D eigenvalue weighted by Gasteiger charge is 2.63. The molecule has 3 aliphatic heterocycles. The van der Waals surface area contributed by atoms with E-state index in [0.29, 0.717) is 36.5 Å². The van der Waals surface area contributed by atoms with Crippen LogP contribution >= 0.6 is 24.2 Å². The molecule has 3 heterocycles. The van der Waals surface area contributed by atoms with E-state index in [2.05, 4.69) is 23.3 Å². The van der Waals surface area contributed by atoms with Crippen LogP contribution in [-0.4, -0.2) is 84.7 Å². The van der Waals surface area contributed by atoms with E-state index in [1.165, 1.54) is 19.1 Å². The highest BCUT2D eigenvalue weighted by atomic mass is 35.5. The second-order valence-corrected chi connectivity index (χ2v) is 13.3. The Hall–Kier alpha value is -3.22. The summed E-state index contributed by atoms with van der Waals surface area (Å²) in [4.78, 5) is 53.3. The van der Waals surface area contributed by atoms with Gasteiger partial charge in [0.15, 0.2) is 0 Å². The molecule has 0 aromatic heterocycles. The molecule has 46 heavy (non-hydrogen) atoms. The van der Waals surface area contributed by atoms with Crippen LogP contribution in [0.5, 0.6) is 5.75 Å². The third-order valence-corrected chi connectivity index (χ3v) is 9.59. The molecule has 1 aromatic rings. The number of epoxide rings is 1. The molecule has 11 nitrogen and oxygen atoms in total. The van der Waals surface area contributed by atoms with Crippen molar-refractivity contribution in [2.75, 3.05) is 25.2 Å². The van der Waals surface area contributed by atoms with Crippen molar-refractivity contribution >= 4 is 53.8 Å². The van der Waals surface area contributed by atoms with Crippen LogP contribution in [0.1, 0.15) is 58.9 Å². The Bertz CT molecular complexity index is 1400. The van der Waals surface area contributed by atoms with Crippen molar-refractivity contribution in [3.63, 3.8) is 0 Å². The van der Waals surface area contributed by atoms with Crippen LogP contribution in [-0.2, 0) is 35.0 Å². The second kappa shape index (κ2) is 15.1. The standard InChI is InChI=1S/C33H44ClN3O8S/c1-18-9-7-8-10-22-16-24(43-32(41)35-22)19(2)30-33(4,45-30)26(44-31(40)20(3)37(5)28(39)11-12-46)17-27(38)36-23-14-21(13-18)15-25(42-6)29(23)34/h7-9,14-15,19-20,22,24,26,30,46H,10-13,16-17H2,1-6H3,(H,35,41)(H,36,38)/b8-7+,18-9+/t19-,20?,22?,24?,26?,30?,33?/m1/s1. The second-order valence-electron chi connectivity index (χ2n) is 12.4. The molecule has 2 fully saturated rings. The minimum absolute atomic E-state index is 0.139. The minimum Gasteiger partial charge on any atom is -0.495 e. The van der Waals surface area contributed by atoms with Crippen LogP contribution in [0.25, 0.3) is 0 Å². The number of alkyl carbamates (subject to hydrolysis) is 1. The molecular formula is C33H44ClN3O8S. The van der Waals surface area contributed by atoms with Crippen molar-refractivity contribution < 1.29 is 38.1 Å². The molecule has 252 valence electrons. The Kier molecular flexibility index (Phi) is 11.7. The summed E-state index contributed by atoms with van der Waals surface area (Å²) in [7, 11) is 3.02. The molecule has 1 aromatic carbocycles. The quantitative estimate of drug-likeness (QED) is 0.221. The molecule has 3 amide bonds. The summed E-state index contributed by atoms with van der Waals surface area (Å²) < 4.78 is 23.3. The van der Waals surface area contributed by atoms with Gasteiger partial charge in [-0.3, -0.25) is 9.59 Å². The van der Waals surface area contributed by atoms with Crippen LogP contribution in [0, 0.1) is 5.92 Å². The molecular weight excluding hydrogens is 634 g/mol. The summed E-state index contributed by atoms with van der Waals surface area (Å²) in [6.07, 6.45) is 5.14. The number of allylic oxidation sites excluding steroid dienone is 3. The summed E-state index contributed by atoms with van der Waals surface area (Å²) >= 11 is 10.7. The Balaban J connectivity index is 1.68. The van der Waals surface area contributed by atoms with E-state index < -0.39 is 47.9 Å². The molecule has 0 spiro atoms. The number of thiol groups is 1. The predicted molar refractivity (Wildman–Crippen MR) is 177 cm³/mol. The number of esters is 1. The van der Waals surface area contributed by atoms with E-state index >= 15 is 0 Å². The van der Waals surface area contributed by atoms with E-state index in [1.54, 1.807) is 19.9 Å². The number of hydrogen-bond acceptors (Lipinski definition) is 9. The maximum absolute atomic E-state index is 13.6.